The highest BCUT2D eigenvalue weighted by atomic mass is 35.5. The molecule has 0 fully saturated rings. The molecule has 0 unspecified atom stereocenters. The van der Waals surface area contributed by atoms with Gasteiger partial charge in [-0.2, -0.15) is 14.9 Å². The number of hydrazone groups is 1. The van der Waals surface area contributed by atoms with Gasteiger partial charge >= 0.3 is 0 Å². The largest absolute Gasteiger partial charge is 0.497 e. The van der Waals surface area contributed by atoms with Gasteiger partial charge in [0.25, 0.3) is 5.56 Å². The van der Waals surface area contributed by atoms with Crippen molar-refractivity contribution in [2.75, 3.05) is 25.7 Å². The summed E-state index contributed by atoms with van der Waals surface area (Å²) in [5, 5.41) is 8.32. The first kappa shape index (κ1) is 22.2. The number of hydrogen-bond acceptors (Lipinski definition) is 7. The summed E-state index contributed by atoms with van der Waals surface area (Å²) in [6.45, 7) is 4.88. The van der Waals surface area contributed by atoms with E-state index in [0.29, 0.717) is 36.1 Å². The maximum absolute atomic E-state index is 12.6. The number of nitrogens with zero attached hydrogens (tertiary/aromatic N) is 3. The summed E-state index contributed by atoms with van der Waals surface area (Å²) in [7, 11) is 1.57. The molecule has 2 aromatic carbocycles. The van der Waals surface area contributed by atoms with Crippen molar-refractivity contribution in [3.05, 3.63) is 69.6 Å². The van der Waals surface area contributed by atoms with E-state index in [9.17, 15) is 4.79 Å². The Hall–Kier alpha value is -3.52. The minimum Gasteiger partial charge on any atom is -0.497 e. The van der Waals surface area contributed by atoms with Gasteiger partial charge in [0.2, 0.25) is 0 Å². The zero-order valence-electron chi connectivity index (χ0n) is 17.5. The van der Waals surface area contributed by atoms with E-state index in [-0.39, 0.29) is 10.7 Å². The van der Waals surface area contributed by atoms with Gasteiger partial charge in [0.15, 0.2) is 0 Å². The highest BCUT2D eigenvalue weighted by Gasteiger charge is 2.11. The highest BCUT2D eigenvalue weighted by molar-refractivity contribution is 6.32. The van der Waals surface area contributed by atoms with Gasteiger partial charge in [-0.25, -0.2) is 0 Å². The number of benzene rings is 2. The molecule has 1 heterocycles. The normalized spacial score (nSPS) is 10.8. The third-order valence-electron chi connectivity index (χ3n) is 4.22. The Kier molecular flexibility index (Phi) is 7.50. The Balaban J connectivity index is 1.79. The summed E-state index contributed by atoms with van der Waals surface area (Å²) >= 11 is 6.25. The first-order valence-corrected chi connectivity index (χ1v) is 10.1. The molecular formula is C22H23ClN4O4. The van der Waals surface area contributed by atoms with Crippen LogP contribution in [-0.2, 0) is 0 Å². The lowest BCUT2D eigenvalue weighted by Gasteiger charge is -2.10. The van der Waals surface area contributed by atoms with Crippen LogP contribution in [0.2, 0.25) is 5.02 Å². The number of aromatic nitrogens is 2. The van der Waals surface area contributed by atoms with E-state index >= 15 is 0 Å². The average Bonchev–Trinajstić information content (AvgIpc) is 2.78. The number of nitrogens with one attached hydrogen (secondary N) is 1. The minimum atomic E-state index is -0.469. The number of ether oxygens (including phenoxy) is 3. The summed E-state index contributed by atoms with van der Waals surface area (Å²) in [5.41, 5.74) is 3.89. The lowest BCUT2D eigenvalue weighted by atomic mass is 10.2. The molecule has 3 aromatic rings. The molecule has 0 saturated heterocycles. The number of hydrogen-bond donors (Lipinski definition) is 1. The molecule has 9 heteroatoms. The number of methoxy groups -OCH3 is 1. The predicted molar refractivity (Wildman–Crippen MR) is 121 cm³/mol. The van der Waals surface area contributed by atoms with Crippen LogP contribution in [0.15, 0.2) is 58.6 Å². The monoisotopic (exact) mass is 442 g/mol. The second-order valence-corrected chi connectivity index (χ2v) is 6.60. The molecule has 1 N–H and O–H groups in total. The molecule has 0 amide bonds. The molecule has 0 aliphatic rings. The molecule has 8 nitrogen and oxygen atoms in total. The molecule has 0 spiro atoms. The highest BCUT2D eigenvalue weighted by Crippen LogP contribution is 2.24. The Labute approximate surface area is 185 Å². The van der Waals surface area contributed by atoms with Gasteiger partial charge in [0.05, 0.1) is 38.4 Å². The van der Waals surface area contributed by atoms with Crippen LogP contribution in [-0.4, -0.2) is 36.3 Å². The van der Waals surface area contributed by atoms with Crippen LogP contribution in [0.3, 0.4) is 0 Å². The zero-order chi connectivity index (χ0) is 22.2. The molecular weight excluding hydrogens is 420 g/mol. The topological polar surface area (TPSA) is 87.0 Å². The third-order valence-corrected chi connectivity index (χ3v) is 4.59. The van der Waals surface area contributed by atoms with E-state index in [0.717, 1.165) is 5.56 Å². The van der Waals surface area contributed by atoms with E-state index < -0.39 is 5.56 Å². The smallest absolute Gasteiger partial charge is 0.292 e. The first-order valence-electron chi connectivity index (χ1n) is 9.68. The number of anilines is 1. The van der Waals surface area contributed by atoms with Crippen molar-refractivity contribution in [2.24, 2.45) is 5.10 Å². The van der Waals surface area contributed by atoms with Crippen LogP contribution in [0, 0.1) is 0 Å². The molecule has 162 valence electrons. The second-order valence-electron chi connectivity index (χ2n) is 6.22. The van der Waals surface area contributed by atoms with Crippen LogP contribution in [0.5, 0.6) is 17.2 Å². The lowest BCUT2D eigenvalue weighted by molar-refractivity contribution is 0.323. The van der Waals surface area contributed by atoms with Crippen molar-refractivity contribution in [1.82, 2.24) is 9.78 Å². The number of halogens is 1. The standard InChI is InChI=1S/C22H23ClN4O4/c1-4-30-18-9-6-15(20(12-18)31-5-2)13-24-26-19-14-25-27(22(28)21(19)23)16-7-10-17(29-3)11-8-16/h6-14,26H,4-5H2,1-3H3/b24-13-. The molecule has 0 atom stereocenters. The van der Waals surface area contributed by atoms with Crippen molar-refractivity contribution >= 4 is 23.5 Å². The maximum atomic E-state index is 12.6. The fraction of sp³-hybridized carbons (Fsp3) is 0.227. The molecule has 0 saturated carbocycles. The van der Waals surface area contributed by atoms with Gasteiger partial charge in [-0.15, -0.1) is 0 Å². The van der Waals surface area contributed by atoms with E-state index in [1.807, 2.05) is 26.0 Å². The van der Waals surface area contributed by atoms with Gasteiger partial charge in [0, 0.05) is 11.6 Å². The van der Waals surface area contributed by atoms with Crippen LogP contribution in [0.1, 0.15) is 19.4 Å². The van der Waals surface area contributed by atoms with Gasteiger partial charge in [-0.3, -0.25) is 10.2 Å². The van der Waals surface area contributed by atoms with E-state index in [1.165, 1.54) is 10.9 Å². The molecule has 0 aliphatic heterocycles. The first-order chi connectivity index (χ1) is 15.1. The van der Waals surface area contributed by atoms with Crippen LogP contribution in [0.25, 0.3) is 5.69 Å². The van der Waals surface area contributed by atoms with Crippen LogP contribution in [0.4, 0.5) is 5.69 Å². The second kappa shape index (κ2) is 10.5. The molecule has 1 aromatic heterocycles. The SMILES string of the molecule is CCOc1ccc(/C=N\Nc2cnn(-c3ccc(OC)cc3)c(=O)c2Cl)c(OCC)c1. The van der Waals surface area contributed by atoms with Crippen molar-refractivity contribution in [3.63, 3.8) is 0 Å². The van der Waals surface area contributed by atoms with Crippen molar-refractivity contribution in [3.8, 4) is 22.9 Å². The molecule has 31 heavy (non-hydrogen) atoms. The Morgan fingerprint density at radius 1 is 1.10 bits per heavy atom. The van der Waals surface area contributed by atoms with E-state index in [2.05, 4.69) is 15.6 Å². The van der Waals surface area contributed by atoms with Crippen LogP contribution < -0.4 is 25.2 Å². The molecule has 0 aliphatic carbocycles. The lowest BCUT2D eigenvalue weighted by Crippen LogP contribution is -2.22. The quantitative estimate of drug-likeness (QED) is 0.396. The maximum Gasteiger partial charge on any atom is 0.292 e. The fourth-order valence-corrected chi connectivity index (χ4v) is 2.92. The summed E-state index contributed by atoms with van der Waals surface area (Å²) in [6, 6.07) is 12.4. The van der Waals surface area contributed by atoms with E-state index in [1.54, 1.807) is 43.7 Å². The minimum absolute atomic E-state index is 0.0281. The Bertz CT molecular complexity index is 1110. The van der Waals surface area contributed by atoms with E-state index in [4.69, 9.17) is 25.8 Å². The molecule has 0 bridgehead atoms. The Morgan fingerprint density at radius 3 is 2.48 bits per heavy atom. The van der Waals surface area contributed by atoms with Gasteiger partial charge < -0.3 is 14.2 Å². The predicted octanol–water partition coefficient (Wildman–Crippen LogP) is 4.14. The summed E-state index contributed by atoms with van der Waals surface area (Å²) in [5.74, 6) is 2.03. The molecule has 3 rings (SSSR count). The average molecular weight is 443 g/mol. The summed E-state index contributed by atoms with van der Waals surface area (Å²) in [6.07, 6.45) is 3.01. The number of rotatable bonds is 9. The van der Waals surface area contributed by atoms with Crippen LogP contribution >= 0.6 is 11.6 Å². The van der Waals surface area contributed by atoms with Gasteiger partial charge in [-0.1, -0.05) is 11.6 Å². The van der Waals surface area contributed by atoms with Crippen molar-refractivity contribution in [1.29, 1.82) is 0 Å². The van der Waals surface area contributed by atoms with Crippen molar-refractivity contribution < 1.29 is 14.2 Å². The van der Waals surface area contributed by atoms with Gasteiger partial charge in [-0.05, 0) is 50.2 Å². The zero-order valence-corrected chi connectivity index (χ0v) is 18.2. The summed E-state index contributed by atoms with van der Waals surface area (Å²) < 4.78 is 17.5. The van der Waals surface area contributed by atoms with Gasteiger partial charge in [0.1, 0.15) is 28.0 Å². The summed E-state index contributed by atoms with van der Waals surface area (Å²) in [4.78, 5) is 12.6. The fourth-order valence-electron chi connectivity index (χ4n) is 2.75. The van der Waals surface area contributed by atoms with Crippen molar-refractivity contribution in [2.45, 2.75) is 13.8 Å². The molecule has 0 radical (unpaired) electrons. The third kappa shape index (κ3) is 5.35. The Morgan fingerprint density at radius 2 is 1.81 bits per heavy atom.